The van der Waals surface area contributed by atoms with Crippen LogP contribution in [0.3, 0.4) is 0 Å². The topological polar surface area (TPSA) is 103 Å². The van der Waals surface area contributed by atoms with E-state index in [1.54, 1.807) is 31.2 Å². The lowest BCUT2D eigenvalue weighted by Gasteiger charge is -2.37. The molecule has 3 aliphatic rings. The Hall–Kier alpha value is -4.44. The maximum atomic E-state index is 16.1. The zero-order chi connectivity index (χ0) is 33.7. The van der Waals surface area contributed by atoms with Gasteiger partial charge in [0.1, 0.15) is 17.5 Å². The highest BCUT2D eigenvalue weighted by molar-refractivity contribution is 6.09. The molecule has 1 saturated heterocycles. The molecule has 48 heavy (non-hydrogen) atoms. The molecular weight excluding hydrogens is 619 g/mol. The highest BCUT2D eigenvalue weighted by Gasteiger charge is 2.38. The number of rotatable bonds is 9. The first-order valence-corrected chi connectivity index (χ1v) is 16.7. The number of pyridine rings is 1. The fourth-order valence-electron chi connectivity index (χ4n) is 8.02. The molecule has 2 amide bonds. The van der Waals surface area contributed by atoms with Crippen LogP contribution in [0.1, 0.15) is 106 Å². The molecular formula is C38H38F3N3O4. The summed E-state index contributed by atoms with van der Waals surface area (Å²) in [5.41, 5.74) is 6.75. The number of primary amides is 1. The minimum Gasteiger partial charge on any atom is -0.379 e. The molecule has 3 atom stereocenters. The Bertz CT molecular complexity index is 1980. The third-order valence-electron chi connectivity index (χ3n) is 10.8. The van der Waals surface area contributed by atoms with E-state index in [4.69, 9.17) is 10.5 Å². The van der Waals surface area contributed by atoms with Gasteiger partial charge < -0.3 is 20.4 Å². The van der Waals surface area contributed by atoms with Crippen LogP contribution in [-0.4, -0.2) is 29.6 Å². The maximum Gasteiger partial charge on any atom is 0.261 e. The van der Waals surface area contributed by atoms with Crippen molar-refractivity contribution >= 4 is 22.6 Å². The first-order chi connectivity index (χ1) is 23.2. The van der Waals surface area contributed by atoms with E-state index < -0.39 is 52.8 Å². The fraction of sp³-hybridized carbons (Fsp3) is 0.395. The van der Waals surface area contributed by atoms with E-state index >= 15 is 8.78 Å². The van der Waals surface area contributed by atoms with E-state index in [0.717, 1.165) is 38.5 Å². The molecule has 4 aromatic rings. The first-order valence-electron chi connectivity index (χ1n) is 16.7. The van der Waals surface area contributed by atoms with E-state index in [-0.39, 0.29) is 40.3 Å². The van der Waals surface area contributed by atoms with Gasteiger partial charge in [0.2, 0.25) is 0 Å². The number of ether oxygens (including phenoxy) is 1. The van der Waals surface area contributed by atoms with Crippen LogP contribution in [0.25, 0.3) is 10.8 Å². The van der Waals surface area contributed by atoms with E-state index in [2.05, 4.69) is 5.32 Å². The molecule has 7 nitrogen and oxygen atoms in total. The molecule has 2 heterocycles. The summed E-state index contributed by atoms with van der Waals surface area (Å²) >= 11 is 0. The number of hydrogen-bond donors (Lipinski definition) is 2. The summed E-state index contributed by atoms with van der Waals surface area (Å²) in [5, 5.41) is 3.05. The van der Waals surface area contributed by atoms with Crippen molar-refractivity contribution in [2.24, 2.45) is 17.6 Å². The summed E-state index contributed by atoms with van der Waals surface area (Å²) in [7, 11) is 0. The molecule has 2 aliphatic carbocycles. The summed E-state index contributed by atoms with van der Waals surface area (Å²) < 4.78 is 52.8. The van der Waals surface area contributed by atoms with Gasteiger partial charge in [0, 0.05) is 23.6 Å². The quantitative estimate of drug-likeness (QED) is 0.203. The number of benzene rings is 3. The van der Waals surface area contributed by atoms with Gasteiger partial charge in [0.25, 0.3) is 17.4 Å². The van der Waals surface area contributed by atoms with Crippen molar-refractivity contribution in [3.8, 4) is 0 Å². The number of aromatic nitrogens is 1. The molecule has 7 rings (SSSR count). The lowest BCUT2D eigenvalue weighted by atomic mass is 9.68. The third kappa shape index (κ3) is 5.49. The monoisotopic (exact) mass is 657 g/mol. The number of nitrogens with two attached hydrogens (primary N) is 1. The Balaban J connectivity index is 1.50. The van der Waals surface area contributed by atoms with Gasteiger partial charge in [-0.05, 0) is 91.8 Å². The molecule has 1 aromatic heterocycles. The van der Waals surface area contributed by atoms with Crippen LogP contribution in [0.4, 0.5) is 13.2 Å². The second-order valence-corrected chi connectivity index (χ2v) is 13.5. The van der Waals surface area contributed by atoms with Gasteiger partial charge in [-0.1, -0.05) is 43.2 Å². The number of amides is 2. The average Bonchev–Trinajstić information content (AvgIpc) is 3.52. The summed E-state index contributed by atoms with van der Waals surface area (Å²) in [4.78, 5) is 41.7. The smallest absolute Gasteiger partial charge is 0.261 e. The number of nitrogens with zero attached hydrogens (tertiary/aromatic N) is 1. The molecule has 250 valence electrons. The molecule has 10 heteroatoms. The lowest BCUT2D eigenvalue weighted by molar-refractivity contribution is 0.0899. The molecule has 0 spiro atoms. The van der Waals surface area contributed by atoms with Crippen LogP contribution >= 0.6 is 0 Å². The largest absolute Gasteiger partial charge is 0.379 e. The summed E-state index contributed by atoms with van der Waals surface area (Å²) in [6, 6.07) is 12.3. The predicted molar refractivity (Wildman–Crippen MR) is 175 cm³/mol. The molecule has 3 aromatic carbocycles. The van der Waals surface area contributed by atoms with Gasteiger partial charge >= 0.3 is 0 Å². The molecule has 1 unspecified atom stereocenters. The van der Waals surface area contributed by atoms with E-state index in [1.807, 2.05) is 0 Å². The fourth-order valence-corrected chi connectivity index (χ4v) is 8.02. The minimum absolute atomic E-state index is 0.0702. The highest BCUT2D eigenvalue weighted by atomic mass is 19.1. The normalized spacial score (nSPS) is 19.5. The maximum absolute atomic E-state index is 16.1. The van der Waals surface area contributed by atoms with Crippen LogP contribution in [0.15, 0.2) is 59.4 Å². The van der Waals surface area contributed by atoms with Crippen molar-refractivity contribution < 1.29 is 27.5 Å². The Morgan fingerprint density at radius 1 is 0.875 bits per heavy atom. The van der Waals surface area contributed by atoms with Crippen LogP contribution in [0, 0.1) is 36.2 Å². The van der Waals surface area contributed by atoms with Gasteiger partial charge in [0.05, 0.1) is 35.2 Å². The SMILES string of the molecule is Cc1c(C(=O)N[C@H](c2cccc(F)c2)C2CCC2)c2c([C@@H](c3cccc(F)c3C(N)=O)C3CCC3)ccc(F)c2c(=O)n1C1CCOC1. The predicted octanol–water partition coefficient (Wildman–Crippen LogP) is 6.99. The van der Waals surface area contributed by atoms with Gasteiger partial charge in [-0.15, -0.1) is 0 Å². The average molecular weight is 658 g/mol. The summed E-state index contributed by atoms with van der Waals surface area (Å²) in [6.45, 7) is 2.33. The molecule has 2 saturated carbocycles. The number of carbonyl (C=O) groups is 2. The summed E-state index contributed by atoms with van der Waals surface area (Å²) in [6.07, 6.45) is 5.59. The zero-order valence-electron chi connectivity index (χ0n) is 26.7. The Morgan fingerprint density at radius 2 is 1.60 bits per heavy atom. The van der Waals surface area contributed by atoms with Gasteiger partial charge in [-0.3, -0.25) is 14.4 Å². The molecule has 0 bridgehead atoms. The molecule has 3 N–H and O–H groups in total. The van der Waals surface area contributed by atoms with Crippen LogP contribution < -0.4 is 16.6 Å². The van der Waals surface area contributed by atoms with Crippen LogP contribution in [0.5, 0.6) is 0 Å². The first kappa shape index (κ1) is 32.1. The molecule has 3 fully saturated rings. The number of carbonyl (C=O) groups excluding carboxylic acids is 2. The minimum atomic E-state index is -0.935. The Labute approximate surface area is 276 Å². The van der Waals surface area contributed by atoms with Crippen molar-refractivity contribution in [3.05, 3.63) is 116 Å². The van der Waals surface area contributed by atoms with Crippen molar-refractivity contribution in [1.29, 1.82) is 0 Å². The number of hydrogen-bond acceptors (Lipinski definition) is 4. The lowest BCUT2D eigenvalue weighted by Crippen LogP contribution is -2.38. The number of fused-ring (bicyclic) bond motifs is 1. The van der Waals surface area contributed by atoms with Crippen molar-refractivity contribution in [1.82, 2.24) is 9.88 Å². The standard InChI is InChI=1S/C38H38F3N3O4/c1-20-30(37(46)43-35(22-8-3-9-22)23-10-4-11-24(39)18-23)33-27(14-15-29(41)34(33)38(47)44(20)25-16-17-48-19-25)31(21-6-2-7-21)26-12-5-13-28(40)32(26)36(42)45/h4-5,10-15,18,21-22,25,31,35H,2-3,6-9,16-17,19H2,1H3,(H2,42,45)(H,43,46)/t25?,31-,35+/m1/s1. The van der Waals surface area contributed by atoms with Crippen molar-refractivity contribution in [2.45, 2.75) is 69.9 Å². The van der Waals surface area contributed by atoms with E-state index in [0.29, 0.717) is 35.4 Å². The second-order valence-electron chi connectivity index (χ2n) is 13.5. The second kappa shape index (κ2) is 12.9. The molecule has 0 radical (unpaired) electrons. The number of nitrogens with one attached hydrogen (secondary N) is 1. The Morgan fingerprint density at radius 3 is 2.23 bits per heavy atom. The van der Waals surface area contributed by atoms with Gasteiger partial charge in [0.15, 0.2) is 0 Å². The van der Waals surface area contributed by atoms with Crippen LogP contribution in [0.2, 0.25) is 0 Å². The van der Waals surface area contributed by atoms with E-state index in [9.17, 15) is 18.8 Å². The number of halogens is 3. The molecule has 1 aliphatic heterocycles. The third-order valence-corrected chi connectivity index (χ3v) is 10.8. The van der Waals surface area contributed by atoms with Gasteiger partial charge in [-0.25, -0.2) is 13.2 Å². The van der Waals surface area contributed by atoms with Crippen molar-refractivity contribution in [2.75, 3.05) is 13.2 Å². The highest BCUT2D eigenvalue weighted by Crippen LogP contribution is 2.47. The Kier molecular flexibility index (Phi) is 8.62. The van der Waals surface area contributed by atoms with Crippen molar-refractivity contribution in [3.63, 3.8) is 0 Å². The summed E-state index contributed by atoms with van der Waals surface area (Å²) in [5.74, 6) is -4.10. The van der Waals surface area contributed by atoms with Gasteiger partial charge in [-0.2, -0.15) is 0 Å². The van der Waals surface area contributed by atoms with Crippen LogP contribution in [-0.2, 0) is 4.74 Å². The zero-order valence-corrected chi connectivity index (χ0v) is 26.7. The van der Waals surface area contributed by atoms with E-state index in [1.165, 1.54) is 34.9 Å².